The molecule has 6 heteroatoms. The number of anilines is 1. The zero-order valence-corrected chi connectivity index (χ0v) is 12.6. The van der Waals surface area contributed by atoms with Crippen LogP contribution in [0.2, 0.25) is 0 Å². The maximum Gasteiger partial charge on any atom is 0.252 e. The van der Waals surface area contributed by atoms with E-state index in [0.717, 1.165) is 17.1 Å². The minimum absolute atomic E-state index is 0.0984. The molecule has 2 N–H and O–H groups in total. The van der Waals surface area contributed by atoms with E-state index in [2.05, 4.69) is 20.6 Å². The van der Waals surface area contributed by atoms with Crippen molar-refractivity contribution < 1.29 is 4.79 Å². The topological polar surface area (TPSA) is 66.9 Å². The van der Waals surface area contributed by atoms with Gasteiger partial charge in [0.05, 0.1) is 6.04 Å². The lowest BCUT2D eigenvalue weighted by Gasteiger charge is -2.12. The molecule has 0 aliphatic rings. The summed E-state index contributed by atoms with van der Waals surface area (Å²) in [5, 5.41) is 8.73. The second kappa shape index (κ2) is 6.47. The molecule has 1 amide bonds. The third-order valence-electron chi connectivity index (χ3n) is 2.93. The van der Waals surface area contributed by atoms with Crippen molar-refractivity contribution in [2.75, 3.05) is 12.4 Å². The number of amides is 1. The summed E-state index contributed by atoms with van der Waals surface area (Å²) in [6.07, 6.45) is 2.53. The number of hydrogen-bond donors (Lipinski definition) is 2. The number of hydrogen-bond acceptors (Lipinski definition) is 5. The molecule has 2 aromatic heterocycles. The normalized spacial score (nSPS) is 11.9. The van der Waals surface area contributed by atoms with Crippen molar-refractivity contribution in [2.24, 2.45) is 0 Å². The van der Waals surface area contributed by atoms with Gasteiger partial charge in [0.1, 0.15) is 10.8 Å². The van der Waals surface area contributed by atoms with Crippen LogP contribution in [0, 0.1) is 0 Å². The number of pyridine rings is 1. The van der Waals surface area contributed by atoms with Crippen LogP contribution in [0.15, 0.2) is 23.7 Å². The van der Waals surface area contributed by atoms with Gasteiger partial charge in [-0.3, -0.25) is 4.79 Å². The Hall–Kier alpha value is -1.95. The van der Waals surface area contributed by atoms with Gasteiger partial charge in [0.2, 0.25) is 0 Å². The molecule has 2 rings (SSSR count). The van der Waals surface area contributed by atoms with Crippen LogP contribution < -0.4 is 10.6 Å². The number of rotatable bonds is 5. The minimum Gasteiger partial charge on any atom is -0.373 e. The first-order valence-electron chi connectivity index (χ1n) is 6.53. The predicted molar refractivity (Wildman–Crippen MR) is 81.2 cm³/mol. The molecule has 0 saturated carbocycles. The summed E-state index contributed by atoms with van der Waals surface area (Å²) in [7, 11) is 1.79. The lowest BCUT2D eigenvalue weighted by atomic mass is 10.1. The van der Waals surface area contributed by atoms with Gasteiger partial charge in [-0.25, -0.2) is 9.97 Å². The van der Waals surface area contributed by atoms with Gasteiger partial charge < -0.3 is 10.6 Å². The van der Waals surface area contributed by atoms with Crippen molar-refractivity contribution in [1.29, 1.82) is 0 Å². The van der Waals surface area contributed by atoms with Gasteiger partial charge in [0.25, 0.3) is 5.91 Å². The molecule has 0 aliphatic heterocycles. The zero-order chi connectivity index (χ0) is 14.5. The molecule has 0 aromatic carbocycles. The second-order valence-corrected chi connectivity index (χ2v) is 5.33. The number of carbonyl (C=O) groups excluding carboxylic acids is 1. The third kappa shape index (κ3) is 3.33. The van der Waals surface area contributed by atoms with Crippen molar-refractivity contribution in [3.8, 4) is 0 Å². The monoisotopic (exact) mass is 290 g/mol. The van der Waals surface area contributed by atoms with E-state index in [1.54, 1.807) is 19.3 Å². The highest BCUT2D eigenvalue weighted by atomic mass is 32.1. The highest BCUT2D eigenvalue weighted by molar-refractivity contribution is 7.09. The Morgan fingerprint density at radius 1 is 1.45 bits per heavy atom. The summed E-state index contributed by atoms with van der Waals surface area (Å²) in [6, 6.07) is 3.48. The van der Waals surface area contributed by atoms with Crippen LogP contribution in [0.5, 0.6) is 0 Å². The molecule has 106 valence electrons. The van der Waals surface area contributed by atoms with E-state index in [1.807, 2.05) is 25.3 Å². The first kappa shape index (κ1) is 14.5. The van der Waals surface area contributed by atoms with Gasteiger partial charge in [0.15, 0.2) is 0 Å². The van der Waals surface area contributed by atoms with Gasteiger partial charge in [0, 0.05) is 29.9 Å². The number of thiazole rings is 1. The van der Waals surface area contributed by atoms with Gasteiger partial charge in [-0.15, -0.1) is 11.3 Å². The fourth-order valence-electron chi connectivity index (χ4n) is 1.82. The Morgan fingerprint density at radius 2 is 2.25 bits per heavy atom. The third-order valence-corrected chi connectivity index (χ3v) is 3.89. The molecule has 1 unspecified atom stereocenters. The average molecular weight is 290 g/mol. The van der Waals surface area contributed by atoms with E-state index in [9.17, 15) is 4.79 Å². The molecule has 0 saturated heterocycles. The summed E-state index contributed by atoms with van der Waals surface area (Å²) >= 11 is 1.53. The molecular weight excluding hydrogens is 272 g/mol. The van der Waals surface area contributed by atoms with Crippen molar-refractivity contribution >= 4 is 23.1 Å². The molecule has 5 nitrogen and oxygen atoms in total. The average Bonchev–Trinajstić information content (AvgIpc) is 3.00. The van der Waals surface area contributed by atoms with Gasteiger partial charge in [-0.2, -0.15) is 0 Å². The Balaban J connectivity index is 2.16. The Labute approximate surface area is 122 Å². The Kier molecular flexibility index (Phi) is 4.68. The smallest absolute Gasteiger partial charge is 0.252 e. The van der Waals surface area contributed by atoms with Crippen LogP contribution >= 0.6 is 11.3 Å². The van der Waals surface area contributed by atoms with E-state index >= 15 is 0 Å². The number of nitrogens with zero attached hydrogens (tertiary/aromatic N) is 2. The zero-order valence-electron chi connectivity index (χ0n) is 11.8. The maximum absolute atomic E-state index is 12.3. The number of nitrogens with one attached hydrogen (secondary N) is 2. The van der Waals surface area contributed by atoms with Crippen LogP contribution in [0.4, 0.5) is 5.82 Å². The summed E-state index contributed by atoms with van der Waals surface area (Å²) in [5.41, 5.74) is 1.51. The van der Waals surface area contributed by atoms with E-state index in [4.69, 9.17) is 0 Å². The number of aryl methyl sites for hydroxylation is 1. The number of aromatic nitrogens is 2. The van der Waals surface area contributed by atoms with Gasteiger partial charge >= 0.3 is 0 Å². The van der Waals surface area contributed by atoms with Crippen LogP contribution in [0.3, 0.4) is 0 Å². The molecular formula is C14H18N4OS. The quantitative estimate of drug-likeness (QED) is 0.888. The largest absolute Gasteiger partial charge is 0.373 e. The van der Waals surface area contributed by atoms with Crippen LogP contribution in [0.1, 0.15) is 40.9 Å². The molecule has 0 fully saturated rings. The van der Waals surface area contributed by atoms with Crippen LogP contribution in [-0.2, 0) is 6.42 Å². The Morgan fingerprint density at radius 3 is 2.85 bits per heavy atom. The SMILES string of the molecule is CCc1cc(C(=O)NC(C)c2nccs2)cc(NC)n1. The standard InChI is InChI=1S/C14H18N4OS/c1-4-11-7-10(8-12(15-3)18-11)13(19)17-9(2)14-16-5-6-20-14/h5-9H,4H2,1-3H3,(H,15,18)(H,17,19). The van der Waals surface area contributed by atoms with Gasteiger partial charge in [-0.05, 0) is 25.5 Å². The second-order valence-electron chi connectivity index (χ2n) is 4.40. The molecule has 0 aliphatic carbocycles. The minimum atomic E-state index is -0.110. The van der Waals surface area contributed by atoms with Crippen molar-refractivity contribution in [2.45, 2.75) is 26.3 Å². The maximum atomic E-state index is 12.3. The van der Waals surface area contributed by atoms with Crippen molar-refractivity contribution in [3.63, 3.8) is 0 Å². The molecule has 0 radical (unpaired) electrons. The van der Waals surface area contributed by atoms with E-state index in [-0.39, 0.29) is 11.9 Å². The number of carbonyl (C=O) groups is 1. The lowest BCUT2D eigenvalue weighted by Crippen LogP contribution is -2.26. The summed E-state index contributed by atoms with van der Waals surface area (Å²) in [6.45, 7) is 3.94. The molecule has 2 heterocycles. The molecule has 0 bridgehead atoms. The fraction of sp³-hybridized carbons (Fsp3) is 0.357. The fourth-order valence-corrected chi connectivity index (χ4v) is 2.46. The molecule has 2 aromatic rings. The summed E-state index contributed by atoms with van der Waals surface area (Å²) in [4.78, 5) is 20.9. The molecule has 1 atom stereocenters. The lowest BCUT2D eigenvalue weighted by molar-refractivity contribution is 0.0939. The summed E-state index contributed by atoms with van der Waals surface area (Å²) in [5.74, 6) is 0.595. The Bertz CT molecular complexity index is 561. The van der Waals surface area contributed by atoms with Crippen LogP contribution in [-0.4, -0.2) is 22.9 Å². The first-order valence-corrected chi connectivity index (χ1v) is 7.41. The van der Waals surface area contributed by atoms with Crippen molar-refractivity contribution in [3.05, 3.63) is 40.0 Å². The van der Waals surface area contributed by atoms with Crippen molar-refractivity contribution in [1.82, 2.24) is 15.3 Å². The highest BCUT2D eigenvalue weighted by Gasteiger charge is 2.14. The first-order chi connectivity index (χ1) is 9.63. The van der Waals surface area contributed by atoms with Gasteiger partial charge in [-0.1, -0.05) is 6.92 Å². The van der Waals surface area contributed by atoms with Crippen LogP contribution in [0.25, 0.3) is 0 Å². The van der Waals surface area contributed by atoms with E-state index < -0.39 is 0 Å². The van der Waals surface area contributed by atoms with E-state index in [0.29, 0.717) is 11.4 Å². The predicted octanol–water partition coefficient (Wildman–Crippen LogP) is 2.63. The summed E-state index contributed by atoms with van der Waals surface area (Å²) < 4.78 is 0. The molecule has 20 heavy (non-hydrogen) atoms. The highest BCUT2D eigenvalue weighted by Crippen LogP contribution is 2.16. The van der Waals surface area contributed by atoms with E-state index in [1.165, 1.54) is 11.3 Å². The molecule has 0 spiro atoms.